The number of sulfone groups is 1. The summed E-state index contributed by atoms with van der Waals surface area (Å²) in [6, 6.07) is 9.85. The first-order valence-electron chi connectivity index (χ1n) is 8.45. The van der Waals surface area contributed by atoms with Gasteiger partial charge in [0, 0.05) is 17.8 Å². The highest BCUT2D eigenvalue weighted by Gasteiger charge is 2.29. The molecule has 1 aromatic carbocycles. The standard InChI is InChI=1S/C19H21NO4S/c1-14(21)15-7-9-16(10-8-15)24-19-12-11-18(13-20-19)25(22,23)17-5-3-2-4-6-17/h7-13,17H,2-6H2,1H3. The molecule has 1 aliphatic carbocycles. The van der Waals surface area contributed by atoms with Crippen LogP contribution in [-0.4, -0.2) is 24.4 Å². The summed E-state index contributed by atoms with van der Waals surface area (Å²) in [5, 5.41) is -0.297. The van der Waals surface area contributed by atoms with Gasteiger partial charge in [-0.2, -0.15) is 0 Å². The van der Waals surface area contributed by atoms with Crippen molar-refractivity contribution in [2.24, 2.45) is 0 Å². The number of ether oxygens (including phenoxy) is 1. The Labute approximate surface area is 148 Å². The van der Waals surface area contributed by atoms with E-state index >= 15 is 0 Å². The molecule has 0 radical (unpaired) electrons. The summed E-state index contributed by atoms with van der Waals surface area (Å²) >= 11 is 0. The number of Topliss-reactive ketones (excluding diaryl/α,β-unsaturated/α-hetero) is 1. The minimum atomic E-state index is -3.32. The number of ketones is 1. The van der Waals surface area contributed by atoms with Gasteiger partial charge in [0.2, 0.25) is 5.88 Å². The van der Waals surface area contributed by atoms with Crippen molar-refractivity contribution in [3.63, 3.8) is 0 Å². The van der Waals surface area contributed by atoms with Crippen LogP contribution in [0.4, 0.5) is 0 Å². The Hall–Kier alpha value is -2.21. The first-order chi connectivity index (χ1) is 12.0. The lowest BCUT2D eigenvalue weighted by Crippen LogP contribution is -2.24. The van der Waals surface area contributed by atoms with Gasteiger partial charge in [-0.3, -0.25) is 4.79 Å². The van der Waals surface area contributed by atoms with Gasteiger partial charge in [-0.15, -0.1) is 0 Å². The van der Waals surface area contributed by atoms with Gasteiger partial charge in [0.15, 0.2) is 15.6 Å². The van der Waals surface area contributed by atoms with E-state index in [1.54, 1.807) is 36.4 Å². The summed E-state index contributed by atoms with van der Waals surface area (Å²) < 4.78 is 30.9. The van der Waals surface area contributed by atoms with E-state index in [0.717, 1.165) is 32.1 Å². The SMILES string of the molecule is CC(=O)c1ccc(Oc2ccc(S(=O)(=O)C3CCCCC3)cn2)cc1. The average molecular weight is 359 g/mol. The first-order valence-corrected chi connectivity index (χ1v) is 10.0. The number of pyridine rings is 1. The molecule has 1 saturated carbocycles. The van der Waals surface area contributed by atoms with E-state index in [1.807, 2.05) is 0 Å². The second-order valence-electron chi connectivity index (χ2n) is 6.32. The van der Waals surface area contributed by atoms with Crippen LogP contribution in [0.1, 0.15) is 49.4 Å². The van der Waals surface area contributed by atoms with Crippen molar-refractivity contribution < 1.29 is 17.9 Å². The maximum Gasteiger partial charge on any atom is 0.219 e. The van der Waals surface area contributed by atoms with Crippen LogP contribution in [0.15, 0.2) is 47.5 Å². The van der Waals surface area contributed by atoms with Crippen LogP contribution < -0.4 is 4.74 Å². The van der Waals surface area contributed by atoms with Crippen molar-refractivity contribution in [3.05, 3.63) is 48.2 Å². The van der Waals surface area contributed by atoms with Gasteiger partial charge in [0.1, 0.15) is 5.75 Å². The molecule has 0 aliphatic heterocycles. The van der Waals surface area contributed by atoms with E-state index in [4.69, 9.17) is 4.74 Å². The summed E-state index contributed by atoms with van der Waals surface area (Å²) in [6.45, 7) is 1.50. The summed E-state index contributed by atoms with van der Waals surface area (Å²) in [5.74, 6) is 0.848. The van der Waals surface area contributed by atoms with Crippen LogP contribution in [0.5, 0.6) is 11.6 Å². The van der Waals surface area contributed by atoms with E-state index < -0.39 is 9.84 Å². The van der Waals surface area contributed by atoms with Crippen LogP contribution in [-0.2, 0) is 9.84 Å². The fraction of sp³-hybridized carbons (Fsp3) is 0.368. The molecule has 5 nitrogen and oxygen atoms in total. The van der Waals surface area contributed by atoms with Gasteiger partial charge in [-0.25, -0.2) is 13.4 Å². The molecule has 25 heavy (non-hydrogen) atoms. The van der Waals surface area contributed by atoms with Crippen molar-refractivity contribution in [2.45, 2.75) is 49.2 Å². The fourth-order valence-electron chi connectivity index (χ4n) is 3.04. The number of carbonyl (C=O) groups excluding carboxylic acids is 1. The number of carbonyl (C=O) groups is 1. The zero-order chi connectivity index (χ0) is 17.9. The molecular weight excluding hydrogens is 338 g/mol. The molecule has 1 heterocycles. The summed E-state index contributed by atoms with van der Waals surface area (Å²) in [4.78, 5) is 15.6. The Morgan fingerprint density at radius 3 is 2.28 bits per heavy atom. The zero-order valence-corrected chi connectivity index (χ0v) is 15.0. The van der Waals surface area contributed by atoms with Gasteiger partial charge in [-0.1, -0.05) is 19.3 Å². The molecule has 0 spiro atoms. The van der Waals surface area contributed by atoms with Crippen LogP contribution in [0.25, 0.3) is 0 Å². The molecule has 0 N–H and O–H groups in total. The Kier molecular flexibility index (Phi) is 5.18. The Morgan fingerprint density at radius 2 is 1.72 bits per heavy atom. The van der Waals surface area contributed by atoms with Gasteiger partial charge >= 0.3 is 0 Å². The number of hydrogen-bond donors (Lipinski definition) is 0. The zero-order valence-electron chi connectivity index (χ0n) is 14.1. The maximum atomic E-state index is 12.6. The largest absolute Gasteiger partial charge is 0.439 e. The number of nitrogens with zero attached hydrogens (tertiary/aromatic N) is 1. The van der Waals surface area contributed by atoms with Crippen molar-refractivity contribution in [1.29, 1.82) is 0 Å². The molecule has 0 atom stereocenters. The van der Waals surface area contributed by atoms with Gasteiger partial charge in [-0.05, 0) is 50.1 Å². The van der Waals surface area contributed by atoms with Crippen LogP contribution >= 0.6 is 0 Å². The lowest BCUT2D eigenvalue weighted by Gasteiger charge is -2.21. The summed E-state index contributed by atoms with van der Waals surface area (Å²) in [5.41, 5.74) is 0.606. The molecule has 2 aromatic rings. The monoisotopic (exact) mass is 359 g/mol. The Balaban J connectivity index is 1.72. The maximum absolute atomic E-state index is 12.6. The fourth-order valence-corrected chi connectivity index (χ4v) is 4.84. The third-order valence-corrected chi connectivity index (χ3v) is 6.76. The molecule has 6 heteroatoms. The molecule has 1 aromatic heterocycles. The molecule has 0 amide bonds. The summed E-state index contributed by atoms with van der Waals surface area (Å²) in [6.07, 6.45) is 5.86. The second kappa shape index (κ2) is 7.35. The second-order valence-corrected chi connectivity index (χ2v) is 8.55. The molecule has 1 aliphatic rings. The highest BCUT2D eigenvalue weighted by Crippen LogP contribution is 2.29. The van der Waals surface area contributed by atoms with E-state index in [-0.39, 0.29) is 15.9 Å². The molecule has 0 saturated heterocycles. The average Bonchev–Trinajstić information content (AvgIpc) is 2.63. The van der Waals surface area contributed by atoms with Crippen LogP contribution in [0.2, 0.25) is 0 Å². The molecule has 0 unspecified atom stereocenters. The molecule has 1 fully saturated rings. The normalized spacial score (nSPS) is 15.7. The van der Waals surface area contributed by atoms with E-state index in [9.17, 15) is 13.2 Å². The Bertz CT molecular complexity index is 836. The molecular formula is C19H21NO4S. The third-order valence-electron chi connectivity index (χ3n) is 4.51. The predicted molar refractivity (Wildman–Crippen MR) is 94.8 cm³/mol. The topological polar surface area (TPSA) is 73.3 Å². The van der Waals surface area contributed by atoms with E-state index in [0.29, 0.717) is 17.2 Å². The van der Waals surface area contributed by atoms with E-state index in [2.05, 4.69) is 4.98 Å². The van der Waals surface area contributed by atoms with Gasteiger partial charge in [0.25, 0.3) is 0 Å². The molecule has 0 bridgehead atoms. The lowest BCUT2D eigenvalue weighted by molar-refractivity contribution is 0.101. The van der Waals surface area contributed by atoms with Crippen LogP contribution in [0.3, 0.4) is 0 Å². The van der Waals surface area contributed by atoms with E-state index in [1.165, 1.54) is 13.1 Å². The number of benzene rings is 1. The Morgan fingerprint density at radius 1 is 1.04 bits per heavy atom. The van der Waals surface area contributed by atoms with Crippen LogP contribution in [0, 0.1) is 0 Å². The lowest BCUT2D eigenvalue weighted by atomic mass is 10.0. The van der Waals surface area contributed by atoms with Crippen molar-refractivity contribution in [1.82, 2.24) is 4.98 Å². The number of rotatable bonds is 5. The highest BCUT2D eigenvalue weighted by molar-refractivity contribution is 7.92. The smallest absolute Gasteiger partial charge is 0.219 e. The first kappa shape index (κ1) is 17.6. The minimum Gasteiger partial charge on any atom is -0.439 e. The summed E-state index contributed by atoms with van der Waals surface area (Å²) in [7, 11) is -3.32. The third kappa shape index (κ3) is 4.07. The number of aromatic nitrogens is 1. The predicted octanol–water partition coefficient (Wildman–Crippen LogP) is 4.18. The quantitative estimate of drug-likeness (QED) is 0.749. The van der Waals surface area contributed by atoms with Gasteiger partial charge in [0.05, 0.1) is 10.1 Å². The van der Waals surface area contributed by atoms with Crippen molar-refractivity contribution in [3.8, 4) is 11.6 Å². The molecule has 3 rings (SSSR count). The molecule has 132 valence electrons. The highest BCUT2D eigenvalue weighted by atomic mass is 32.2. The minimum absolute atomic E-state index is 0.0121. The number of hydrogen-bond acceptors (Lipinski definition) is 5. The van der Waals surface area contributed by atoms with Crippen molar-refractivity contribution in [2.75, 3.05) is 0 Å². The van der Waals surface area contributed by atoms with Gasteiger partial charge < -0.3 is 4.74 Å². The van der Waals surface area contributed by atoms with Crippen molar-refractivity contribution >= 4 is 15.6 Å².